The Morgan fingerprint density at radius 2 is 0.868 bits per heavy atom. The normalized spacial score (nSPS) is 11.4. The number of rotatable bonds is 7. The fraction of sp³-hybridized carbons (Fsp3) is 0. The standard InChI is InChI=1S/C50H34N2S/c1-4-16-35(17-5-1)43-26-12-13-28-47(43)51(38-19-6-2-7-20-38)40-23-14-24-41(33-40)52(39-21-8-3-9-22-39)48-29-15-27-44-46-32-37-31-30-36-18-10-11-25-42(36)45(37)34-49(46)53-50(44)48/h1-34H. The molecule has 0 radical (unpaired) electrons. The Hall–Kier alpha value is -6.68. The van der Waals surface area contributed by atoms with Crippen LogP contribution in [-0.4, -0.2) is 0 Å². The van der Waals surface area contributed by atoms with Gasteiger partial charge in [0.1, 0.15) is 0 Å². The summed E-state index contributed by atoms with van der Waals surface area (Å²) in [6, 6.07) is 74.5. The second-order valence-corrected chi connectivity index (χ2v) is 14.4. The lowest BCUT2D eigenvalue weighted by Gasteiger charge is -2.30. The topological polar surface area (TPSA) is 6.48 Å². The average molecular weight is 695 g/mol. The first-order valence-corrected chi connectivity index (χ1v) is 18.8. The summed E-state index contributed by atoms with van der Waals surface area (Å²) in [5.74, 6) is 0. The summed E-state index contributed by atoms with van der Waals surface area (Å²) >= 11 is 1.88. The van der Waals surface area contributed by atoms with Gasteiger partial charge in [0.25, 0.3) is 0 Å². The highest BCUT2D eigenvalue weighted by molar-refractivity contribution is 7.26. The van der Waals surface area contributed by atoms with Gasteiger partial charge in [-0.1, -0.05) is 140 Å². The van der Waals surface area contributed by atoms with Gasteiger partial charge in [0.05, 0.1) is 16.1 Å². The van der Waals surface area contributed by atoms with Crippen LogP contribution in [0.1, 0.15) is 0 Å². The molecular weight excluding hydrogens is 661 g/mol. The van der Waals surface area contributed by atoms with Crippen molar-refractivity contribution in [3.8, 4) is 11.1 Å². The van der Waals surface area contributed by atoms with E-state index >= 15 is 0 Å². The molecule has 3 heteroatoms. The van der Waals surface area contributed by atoms with Crippen molar-refractivity contribution in [2.75, 3.05) is 9.80 Å². The van der Waals surface area contributed by atoms with Gasteiger partial charge in [0, 0.05) is 43.8 Å². The summed E-state index contributed by atoms with van der Waals surface area (Å²) < 4.78 is 2.57. The number of benzene rings is 9. The molecule has 0 aliphatic carbocycles. The molecular formula is C50H34N2S. The van der Waals surface area contributed by atoms with Crippen LogP contribution in [-0.2, 0) is 0 Å². The van der Waals surface area contributed by atoms with Gasteiger partial charge < -0.3 is 9.80 Å². The van der Waals surface area contributed by atoms with Crippen LogP contribution < -0.4 is 9.80 Å². The SMILES string of the molecule is c1ccc(-c2ccccc2N(c2ccccc2)c2cccc(N(c3ccccc3)c3cccc4c3sc3cc5c(ccc6ccccc65)cc34)c2)cc1. The third-order valence-electron chi connectivity index (χ3n) is 10.2. The van der Waals surface area contributed by atoms with Crippen molar-refractivity contribution in [3.05, 3.63) is 206 Å². The highest BCUT2D eigenvalue weighted by Gasteiger charge is 2.22. The van der Waals surface area contributed by atoms with E-state index in [-0.39, 0.29) is 0 Å². The van der Waals surface area contributed by atoms with E-state index in [0.29, 0.717) is 0 Å². The van der Waals surface area contributed by atoms with Crippen molar-refractivity contribution < 1.29 is 0 Å². The molecule has 0 atom stereocenters. The fourth-order valence-corrected chi connectivity index (χ4v) is 9.00. The zero-order valence-corrected chi connectivity index (χ0v) is 29.7. The monoisotopic (exact) mass is 694 g/mol. The average Bonchev–Trinajstić information content (AvgIpc) is 3.60. The second kappa shape index (κ2) is 13.1. The van der Waals surface area contributed by atoms with E-state index in [2.05, 4.69) is 216 Å². The van der Waals surface area contributed by atoms with E-state index in [1.165, 1.54) is 52.8 Å². The lowest BCUT2D eigenvalue weighted by molar-refractivity contribution is 1.26. The van der Waals surface area contributed by atoms with Gasteiger partial charge in [0.15, 0.2) is 0 Å². The van der Waals surface area contributed by atoms with Crippen LogP contribution in [0.5, 0.6) is 0 Å². The number of para-hydroxylation sites is 3. The number of hydrogen-bond acceptors (Lipinski definition) is 3. The van der Waals surface area contributed by atoms with Gasteiger partial charge in [-0.25, -0.2) is 0 Å². The summed E-state index contributed by atoms with van der Waals surface area (Å²) in [6.45, 7) is 0. The van der Waals surface area contributed by atoms with E-state index in [4.69, 9.17) is 0 Å². The van der Waals surface area contributed by atoms with Crippen molar-refractivity contribution in [3.63, 3.8) is 0 Å². The Balaban J connectivity index is 1.18. The Morgan fingerprint density at radius 1 is 0.321 bits per heavy atom. The predicted octanol–water partition coefficient (Wildman–Crippen LogP) is 15.0. The van der Waals surface area contributed by atoms with Crippen LogP contribution in [0.3, 0.4) is 0 Å². The van der Waals surface area contributed by atoms with Gasteiger partial charge in [-0.05, 0) is 93.8 Å². The van der Waals surface area contributed by atoms with Gasteiger partial charge in [0.2, 0.25) is 0 Å². The minimum Gasteiger partial charge on any atom is -0.310 e. The molecule has 0 aliphatic heterocycles. The highest BCUT2D eigenvalue weighted by atomic mass is 32.1. The fourth-order valence-electron chi connectivity index (χ4n) is 7.77. The van der Waals surface area contributed by atoms with Crippen LogP contribution in [0, 0.1) is 0 Å². The molecule has 10 aromatic rings. The number of nitrogens with zero attached hydrogens (tertiary/aromatic N) is 2. The summed E-state index contributed by atoms with van der Waals surface area (Å²) in [7, 11) is 0. The Kier molecular flexibility index (Phi) is 7.71. The van der Waals surface area contributed by atoms with E-state index in [0.717, 1.165) is 34.1 Å². The zero-order valence-electron chi connectivity index (χ0n) is 28.9. The maximum Gasteiger partial charge on any atom is 0.0640 e. The van der Waals surface area contributed by atoms with Crippen LogP contribution >= 0.6 is 11.3 Å². The van der Waals surface area contributed by atoms with Crippen LogP contribution in [0.2, 0.25) is 0 Å². The van der Waals surface area contributed by atoms with Crippen molar-refractivity contribution in [2.45, 2.75) is 0 Å². The third kappa shape index (κ3) is 5.50. The van der Waals surface area contributed by atoms with Crippen molar-refractivity contribution in [1.29, 1.82) is 0 Å². The molecule has 0 saturated carbocycles. The number of fused-ring (bicyclic) bond motifs is 6. The van der Waals surface area contributed by atoms with Gasteiger partial charge in [-0.2, -0.15) is 0 Å². The van der Waals surface area contributed by atoms with Crippen LogP contribution in [0.25, 0.3) is 52.8 Å². The van der Waals surface area contributed by atoms with Gasteiger partial charge in [-0.3, -0.25) is 0 Å². The molecule has 0 unspecified atom stereocenters. The first-order valence-electron chi connectivity index (χ1n) is 18.0. The van der Waals surface area contributed by atoms with Gasteiger partial charge >= 0.3 is 0 Å². The van der Waals surface area contributed by atoms with Crippen LogP contribution in [0.15, 0.2) is 206 Å². The van der Waals surface area contributed by atoms with E-state index < -0.39 is 0 Å². The minimum absolute atomic E-state index is 1.08. The molecule has 53 heavy (non-hydrogen) atoms. The summed E-state index contributed by atoms with van der Waals surface area (Å²) in [6.07, 6.45) is 0. The molecule has 250 valence electrons. The van der Waals surface area contributed by atoms with Crippen molar-refractivity contribution in [1.82, 2.24) is 0 Å². The van der Waals surface area contributed by atoms with Gasteiger partial charge in [-0.15, -0.1) is 11.3 Å². The third-order valence-corrected chi connectivity index (χ3v) is 11.4. The largest absolute Gasteiger partial charge is 0.310 e. The molecule has 0 saturated heterocycles. The van der Waals surface area contributed by atoms with E-state index in [9.17, 15) is 0 Å². The highest BCUT2D eigenvalue weighted by Crippen LogP contribution is 2.48. The number of hydrogen-bond donors (Lipinski definition) is 0. The van der Waals surface area contributed by atoms with E-state index in [1.807, 2.05) is 11.3 Å². The number of anilines is 6. The molecule has 10 rings (SSSR count). The van der Waals surface area contributed by atoms with Crippen molar-refractivity contribution >= 4 is 87.2 Å². The molecule has 0 amide bonds. The Bertz CT molecular complexity index is 2900. The Morgan fingerprint density at radius 3 is 1.62 bits per heavy atom. The molecule has 0 spiro atoms. The summed E-state index contributed by atoms with van der Waals surface area (Å²) in [5.41, 5.74) is 9.04. The molecule has 1 heterocycles. The number of thiophene rings is 1. The maximum absolute atomic E-state index is 2.42. The molecule has 0 N–H and O–H groups in total. The molecule has 0 fully saturated rings. The predicted molar refractivity (Wildman–Crippen MR) is 229 cm³/mol. The van der Waals surface area contributed by atoms with Crippen molar-refractivity contribution in [2.24, 2.45) is 0 Å². The molecule has 0 aliphatic rings. The summed E-state index contributed by atoms with van der Waals surface area (Å²) in [5, 5.41) is 7.71. The minimum atomic E-state index is 1.08. The molecule has 2 nitrogen and oxygen atoms in total. The zero-order chi connectivity index (χ0) is 35.1. The van der Waals surface area contributed by atoms with E-state index in [1.54, 1.807) is 0 Å². The second-order valence-electron chi connectivity index (χ2n) is 13.4. The molecule has 0 bridgehead atoms. The quantitative estimate of drug-likeness (QED) is 0.153. The molecule has 9 aromatic carbocycles. The first kappa shape index (κ1) is 31.1. The lowest BCUT2D eigenvalue weighted by Crippen LogP contribution is -2.13. The smallest absolute Gasteiger partial charge is 0.0640 e. The first-order chi connectivity index (χ1) is 26.3. The molecule has 1 aromatic heterocycles. The summed E-state index contributed by atoms with van der Waals surface area (Å²) in [4.78, 5) is 4.80. The maximum atomic E-state index is 2.42. The van der Waals surface area contributed by atoms with Crippen LogP contribution in [0.4, 0.5) is 34.1 Å². The lowest BCUT2D eigenvalue weighted by atomic mass is 10.00. The Labute approximate surface area is 313 Å².